The number of halogens is 1. The first-order valence-electron chi connectivity index (χ1n) is 7.66. The molecule has 6 heteroatoms. The first-order valence-corrected chi connectivity index (χ1v) is 8.45. The number of piperidine rings is 1. The minimum Gasteiger partial charge on any atom is -0.372 e. The highest BCUT2D eigenvalue weighted by Gasteiger charge is 2.18. The SMILES string of the molecule is CC(C)Cn1ncc(N(C)CC2CCNCC2)c(Br)c1=O. The molecule has 1 aromatic heterocycles. The summed E-state index contributed by atoms with van der Waals surface area (Å²) in [6, 6.07) is 0. The second-order valence-corrected chi connectivity index (χ2v) is 7.09. The number of nitrogens with one attached hydrogen (secondary N) is 1. The maximum atomic E-state index is 12.3. The lowest BCUT2D eigenvalue weighted by atomic mass is 9.97. The molecule has 0 aromatic carbocycles. The summed E-state index contributed by atoms with van der Waals surface area (Å²) in [6.07, 6.45) is 4.19. The molecule has 0 bridgehead atoms. The van der Waals surface area contributed by atoms with E-state index in [0.29, 0.717) is 22.9 Å². The maximum Gasteiger partial charge on any atom is 0.283 e. The Hall–Kier alpha value is -0.880. The maximum absolute atomic E-state index is 12.3. The van der Waals surface area contributed by atoms with E-state index < -0.39 is 0 Å². The summed E-state index contributed by atoms with van der Waals surface area (Å²) in [7, 11) is 2.04. The van der Waals surface area contributed by atoms with Crippen molar-refractivity contribution in [1.29, 1.82) is 0 Å². The molecule has 1 aliphatic rings. The van der Waals surface area contributed by atoms with Crippen LogP contribution in [-0.2, 0) is 6.54 Å². The third-order valence-corrected chi connectivity index (χ3v) is 4.65. The average molecular weight is 357 g/mol. The van der Waals surface area contributed by atoms with Crippen molar-refractivity contribution < 1.29 is 0 Å². The molecule has 0 unspecified atom stereocenters. The summed E-state index contributed by atoms with van der Waals surface area (Å²) in [5, 5.41) is 7.69. The molecule has 2 rings (SSSR count). The zero-order valence-corrected chi connectivity index (χ0v) is 14.7. The minimum absolute atomic E-state index is 0.0432. The van der Waals surface area contributed by atoms with E-state index in [1.807, 2.05) is 7.05 Å². The summed E-state index contributed by atoms with van der Waals surface area (Å²) < 4.78 is 2.16. The number of hydrogen-bond acceptors (Lipinski definition) is 4. The van der Waals surface area contributed by atoms with E-state index in [1.165, 1.54) is 17.5 Å². The number of rotatable bonds is 5. The Kier molecular flexibility index (Phi) is 5.81. The van der Waals surface area contributed by atoms with E-state index in [0.717, 1.165) is 25.3 Å². The molecule has 0 spiro atoms. The van der Waals surface area contributed by atoms with Crippen LogP contribution in [0.1, 0.15) is 26.7 Å². The van der Waals surface area contributed by atoms with Crippen LogP contribution < -0.4 is 15.8 Å². The van der Waals surface area contributed by atoms with Gasteiger partial charge in [-0.05, 0) is 53.7 Å². The van der Waals surface area contributed by atoms with E-state index in [2.05, 4.69) is 45.1 Å². The first-order chi connectivity index (χ1) is 9.99. The van der Waals surface area contributed by atoms with Gasteiger partial charge in [0.2, 0.25) is 0 Å². The third kappa shape index (κ3) is 4.30. The molecule has 0 amide bonds. The summed E-state index contributed by atoms with van der Waals surface area (Å²) in [5.41, 5.74) is 0.844. The first kappa shape index (κ1) is 16.5. The van der Waals surface area contributed by atoms with E-state index in [4.69, 9.17) is 0 Å². The zero-order chi connectivity index (χ0) is 15.4. The van der Waals surface area contributed by atoms with Gasteiger partial charge in [-0.3, -0.25) is 4.79 Å². The van der Waals surface area contributed by atoms with Crippen molar-refractivity contribution in [2.75, 3.05) is 31.6 Å². The second-order valence-electron chi connectivity index (χ2n) is 6.30. The van der Waals surface area contributed by atoms with Crippen LogP contribution in [0.3, 0.4) is 0 Å². The van der Waals surface area contributed by atoms with E-state index >= 15 is 0 Å². The van der Waals surface area contributed by atoms with Crippen LogP contribution in [0, 0.1) is 11.8 Å². The predicted octanol–water partition coefficient (Wildman–Crippen LogP) is 2.10. The Labute approximate surface area is 134 Å². The van der Waals surface area contributed by atoms with Gasteiger partial charge < -0.3 is 10.2 Å². The number of nitrogens with zero attached hydrogens (tertiary/aromatic N) is 3. The van der Waals surface area contributed by atoms with Crippen molar-refractivity contribution in [2.45, 2.75) is 33.2 Å². The van der Waals surface area contributed by atoms with Crippen molar-refractivity contribution in [3.8, 4) is 0 Å². The fraction of sp³-hybridized carbons (Fsp3) is 0.733. The van der Waals surface area contributed by atoms with Gasteiger partial charge in [-0.15, -0.1) is 0 Å². The van der Waals surface area contributed by atoms with Gasteiger partial charge in [-0.2, -0.15) is 5.10 Å². The molecular formula is C15H25BrN4O. The molecule has 118 valence electrons. The molecule has 0 radical (unpaired) electrons. The van der Waals surface area contributed by atoms with Crippen molar-refractivity contribution >= 4 is 21.6 Å². The Balaban J connectivity index is 2.12. The second kappa shape index (κ2) is 7.40. The molecule has 1 saturated heterocycles. The lowest BCUT2D eigenvalue weighted by Gasteiger charge is -2.29. The van der Waals surface area contributed by atoms with Gasteiger partial charge in [0, 0.05) is 20.1 Å². The van der Waals surface area contributed by atoms with Gasteiger partial charge in [-0.1, -0.05) is 13.8 Å². The van der Waals surface area contributed by atoms with Crippen molar-refractivity contribution in [2.24, 2.45) is 11.8 Å². The highest BCUT2D eigenvalue weighted by Crippen LogP contribution is 2.23. The van der Waals surface area contributed by atoms with E-state index in [1.54, 1.807) is 6.20 Å². The lowest BCUT2D eigenvalue weighted by molar-refractivity contribution is 0.377. The summed E-state index contributed by atoms with van der Waals surface area (Å²) in [6.45, 7) is 7.96. The topological polar surface area (TPSA) is 50.2 Å². The van der Waals surface area contributed by atoms with Crippen LogP contribution in [0.5, 0.6) is 0 Å². The zero-order valence-electron chi connectivity index (χ0n) is 13.1. The number of hydrogen-bond donors (Lipinski definition) is 1. The predicted molar refractivity (Wildman–Crippen MR) is 89.9 cm³/mol. The van der Waals surface area contributed by atoms with Gasteiger partial charge in [0.05, 0.1) is 11.9 Å². The van der Waals surface area contributed by atoms with Crippen molar-refractivity contribution in [3.63, 3.8) is 0 Å². The molecule has 1 fully saturated rings. The lowest BCUT2D eigenvalue weighted by Crippen LogP contribution is -2.35. The average Bonchev–Trinajstić information content (AvgIpc) is 2.44. The van der Waals surface area contributed by atoms with Crippen molar-refractivity contribution in [1.82, 2.24) is 15.1 Å². The van der Waals surface area contributed by atoms with E-state index in [9.17, 15) is 4.79 Å². The monoisotopic (exact) mass is 356 g/mol. The summed E-state index contributed by atoms with van der Waals surface area (Å²) in [5.74, 6) is 1.08. The van der Waals surface area contributed by atoms with Crippen LogP contribution in [-0.4, -0.2) is 36.5 Å². The quantitative estimate of drug-likeness (QED) is 0.877. The van der Waals surface area contributed by atoms with Crippen LogP contribution in [0.25, 0.3) is 0 Å². The Morgan fingerprint density at radius 1 is 1.48 bits per heavy atom. The molecule has 1 N–H and O–H groups in total. The highest BCUT2D eigenvalue weighted by atomic mass is 79.9. The third-order valence-electron chi connectivity index (χ3n) is 3.91. The fourth-order valence-electron chi connectivity index (χ4n) is 2.75. The normalized spacial score (nSPS) is 16.4. The Bertz CT molecular complexity index is 523. The molecule has 1 aliphatic heterocycles. The van der Waals surface area contributed by atoms with Gasteiger partial charge in [0.25, 0.3) is 5.56 Å². The minimum atomic E-state index is -0.0432. The van der Waals surface area contributed by atoms with E-state index in [-0.39, 0.29) is 5.56 Å². The highest BCUT2D eigenvalue weighted by molar-refractivity contribution is 9.10. The number of anilines is 1. The summed E-state index contributed by atoms with van der Waals surface area (Å²) >= 11 is 3.46. The van der Waals surface area contributed by atoms with Crippen LogP contribution >= 0.6 is 15.9 Å². The Morgan fingerprint density at radius 2 is 2.14 bits per heavy atom. The smallest absolute Gasteiger partial charge is 0.283 e. The fourth-order valence-corrected chi connectivity index (χ4v) is 3.36. The van der Waals surface area contributed by atoms with Gasteiger partial charge >= 0.3 is 0 Å². The largest absolute Gasteiger partial charge is 0.372 e. The number of aromatic nitrogens is 2. The van der Waals surface area contributed by atoms with Crippen LogP contribution in [0.15, 0.2) is 15.5 Å². The van der Waals surface area contributed by atoms with Crippen LogP contribution in [0.2, 0.25) is 0 Å². The molecule has 5 nitrogen and oxygen atoms in total. The van der Waals surface area contributed by atoms with Gasteiger partial charge in [0.15, 0.2) is 0 Å². The summed E-state index contributed by atoms with van der Waals surface area (Å²) in [4.78, 5) is 14.5. The molecule has 0 saturated carbocycles. The van der Waals surface area contributed by atoms with Gasteiger partial charge in [-0.25, -0.2) is 4.68 Å². The molecular weight excluding hydrogens is 332 g/mol. The van der Waals surface area contributed by atoms with Gasteiger partial charge in [0.1, 0.15) is 4.47 Å². The standard InChI is InChI=1S/C15H25BrN4O/c1-11(2)9-20-15(21)14(16)13(8-18-20)19(3)10-12-4-6-17-7-5-12/h8,11-12,17H,4-7,9-10H2,1-3H3. The molecule has 2 heterocycles. The van der Waals surface area contributed by atoms with Crippen molar-refractivity contribution in [3.05, 3.63) is 21.0 Å². The molecule has 0 aliphatic carbocycles. The molecule has 21 heavy (non-hydrogen) atoms. The molecule has 0 atom stereocenters. The van der Waals surface area contributed by atoms with Crippen LogP contribution in [0.4, 0.5) is 5.69 Å². The molecule has 1 aromatic rings. The Morgan fingerprint density at radius 3 is 2.76 bits per heavy atom.